The zero-order valence-electron chi connectivity index (χ0n) is 13.4. The largest absolute Gasteiger partial charge is 0.436 e. The normalized spacial score (nSPS) is 10.6. The van der Waals surface area contributed by atoms with Gasteiger partial charge in [0.05, 0.1) is 0 Å². The van der Waals surface area contributed by atoms with Crippen LogP contribution in [-0.4, -0.2) is 16.0 Å². The minimum Gasteiger partial charge on any atom is -0.436 e. The number of nitrogens with zero attached hydrogens (tertiary/aromatic N) is 1. The Balaban J connectivity index is 1.80. The van der Waals surface area contributed by atoms with E-state index in [1.165, 1.54) is 12.5 Å². The Hall–Kier alpha value is -2.73. The molecule has 0 spiro atoms. The molecule has 24 heavy (non-hydrogen) atoms. The summed E-state index contributed by atoms with van der Waals surface area (Å²) in [5.74, 6) is 0.372. The Kier molecular flexibility index (Phi) is 4.57. The van der Waals surface area contributed by atoms with E-state index in [2.05, 4.69) is 22.5 Å². The topological polar surface area (TPSA) is 67.2 Å². The summed E-state index contributed by atoms with van der Waals surface area (Å²) in [5, 5.41) is 5.73. The zero-order chi connectivity index (χ0) is 17.1. The lowest BCUT2D eigenvalue weighted by Crippen LogP contribution is -2.32. The molecule has 3 rings (SSSR count). The fourth-order valence-electron chi connectivity index (χ4n) is 2.33. The van der Waals surface area contributed by atoms with Gasteiger partial charge in [-0.3, -0.25) is 4.79 Å². The number of aryl methyl sites for hydroxylation is 1. The average Bonchev–Trinajstić information content (AvgIpc) is 2.97. The van der Waals surface area contributed by atoms with Crippen LogP contribution < -0.4 is 10.6 Å². The zero-order valence-corrected chi connectivity index (χ0v) is 14.2. The van der Waals surface area contributed by atoms with E-state index in [0.29, 0.717) is 5.89 Å². The molecule has 122 valence electrons. The van der Waals surface area contributed by atoms with Crippen LogP contribution in [0.1, 0.15) is 19.4 Å². The fraction of sp³-hybridized carbons (Fsp3) is 0.167. The molecule has 0 radical (unpaired) electrons. The highest BCUT2D eigenvalue weighted by Crippen LogP contribution is 2.26. The Bertz CT molecular complexity index is 900. The molecule has 0 saturated heterocycles. The molecule has 0 aliphatic carbocycles. The number of aromatic nitrogens is 1. The van der Waals surface area contributed by atoms with Crippen molar-refractivity contribution in [3.8, 4) is 11.5 Å². The molecular formula is C18H17N3O2S. The number of hydrogen-bond acceptors (Lipinski definition) is 4. The summed E-state index contributed by atoms with van der Waals surface area (Å²) in [4.78, 5) is 15.5. The monoisotopic (exact) mass is 339 g/mol. The summed E-state index contributed by atoms with van der Waals surface area (Å²) in [6, 6.07) is 13.5. The molecule has 2 aromatic carbocycles. The maximum absolute atomic E-state index is 11.0. The van der Waals surface area contributed by atoms with Crippen LogP contribution in [0, 0.1) is 0 Å². The fourth-order valence-corrected chi connectivity index (χ4v) is 2.60. The van der Waals surface area contributed by atoms with Gasteiger partial charge in [0.1, 0.15) is 5.52 Å². The van der Waals surface area contributed by atoms with E-state index < -0.39 is 0 Å². The number of carbonyl (C=O) groups excluding carboxylic acids is 1. The third-order valence-electron chi connectivity index (χ3n) is 3.54. The third kappa shape index (κ3) is 3.60. The van der Waals surface area contributed by atoms with Crippen LogP contribution in [0.2, 0.25) is 0 Å². The molecule has 0 atom stereocenters. The first kappa shape index (κ1) is 16.1. The molecular weight excluding hydrogens is 322 g/mol. The van der Waals surface area contributed by atoms with E-state index in [1.54, 1.807) is 0 Å². The van der Waals surface area contributed by atoms with Gasteiger partial charge in [-0.25, -0.2) is 4.98 Å². The van der Waals surface area contributed by atoms with Crippen LogP contribution in [0.5, 0.6) is 0 Å². The number of anilines is 1. The van der Waals surface area contributed by atoms with E-state index in [9.17, 15) is 4.79 Å². The first-order chi connectivity index (χ1) is 11.5. The molecule has 1 amide bonds. The van der Waals surface area contributed by atoms with Crippen LogP contribution in [-0.2, 0) is 11.2 Å². The molecule has 6 heteroatoms. The molecule has 1 aromatic heterocycles. The Morgan fingerprint density at radius 3 is 2.62 bits per heavy atom. The molecule has 0 fully saturated rings. The second kappa shape index (κ2) is 6.80. The predicted molar refractivity (Wildman–Crippen MR) is 98.9 cm³/mol. The van der Waals surface area contributed by atoms with Crippen molar-refractivity contribution in [2.45, 2.75) is 20.3 Å². The van der Waals surface area contributed by atoms with Gasteiger partial charge in [0.2, 0.25) is 11.8 Å². The Morgan fingerprint density at radius 1 is 1.21 bits per heavy atom. The van der Waals surface area contributed by atoms with E-state index in [4.69, 9.17) is 16.6 Å². The third-order valence-corrected chi connectivity index (χ3v) is 3.74. The van der Waals surface area contributed by atoms with Crippen molar-refractivity contribution in [3.63, 3.8) is 0 Å². The summed E-state index contributed by atoms with van der Waals surface area (Å²) in [6.45, 7) is 3.52. The Morgan fingerprint density at radius 2 is 1.96 bits per heavy atom. The average molecular weight is 339 g/mol. The standard InChI is InChI=1S/C18H17N3O2S/c1-3-12-4-9-16-15(10-12)21-17(23-16)13-5-7-14(8-6-13)20-18(24)19-11(2)22/h4-10H,3H2,1-2H3,(H2,19,20,22,24). The Labute approximate surface area is 145 Å². The van der Waals surface area contributed by atoms with E-state index in [-0.39, 0.29) is 11.0 Å². The van der Waals surface area contributed by atoms with Crippen LogP contribution >= 0.6 is 12.2 Å². The molecule has 0 aliphatic heterocycles. The van der Waals surface area contributed by atoms with Gasteiger partial charge in [0.25, 0.3) is 0 Å². The molecule has 2 N–H and O–H groups in total. The maximum Gasteiger partial charge on any atom is 0.227 e. The lowest BCUT2D eigenvalue weighted by Gasteiger charge is -2.07. The number of rotatable bonds is 3. The first-order valence-corrected chi connectivity index (χ1v) is 8.04. The number of benzene rings is 2. The lowest BCUT2D eigenvalue weighted by atomic mass is 10.1. The number of fused-ring (bicyclic) bond motifs is 1. The summed E-state index contributed by atoms with van der Waals surface area (Å²) in [6.07, 6.45) is 0.965. The second-order valence-electron chi connectivity index (χ2n) is 5.39. The highest BCUT2D eigenvalue weighted by molar-refractivity contribution is 7.80. The number of thiocarbonyl (C=S) groups is 1. The minimum absolute atomic E-state index is 0.206. The van der Waals surface area contributed by atoms with Crippen molar-refractivity contribution in [1.82, 2.24) is 10.3 Å². The summed E-state index contributed by atoms with van der Waals surface area (Å²) >= 11 is 5.03. The number of amides is 1. The van der Waals surface area contributed by atoms with E-state index in [0.717, 1.165) is 28.8 Å². The summed E-state index contributed by atoms with van der Waals surface area (Å²) < 4.78 is 5.81. The van der Waals surface area contributed by atoms with Crippen LogP contribution in [0.15, 0.2) is 46.9 Å². The quantitative estimate of drug-likeness (QED) is 0.709. The van der Waals surface area contributed by atoms with Crippen molar-refractivity contribution in [1.29, 1.82) is 0 Å². The summed E-state index contributed by atoms with van der Waals surface area (Å²) in [5.41, 5.74) is 4.52. The number of oxazole rings is 1. The summed E-state index contributed by atoms with van der Waals surface area (Å²) in [7, 11) is 0. The van der Waals surface area contributed by atoms with Gasteiger partial charge >= 0.3 is 0 Å². The molecule has 1 heterocycles. The van der Waals surface area contributed by atoms with Gasteiger partial charge < -0.3 is 15.1 Å². The minimum atomic E-state index is -0.206. The van der Waals surface area contributed by atoms with Crippen molar-refractivity contribution < 1.29 is 9.21 Å². The predicted octanol–water partition coefficient (Wildman–Crippen LogP) is 3.89. The highest BCUT2D eigenvalue weighted by atomic mass is 32.1. The van der Waals surface area contributed by atoms with Crippen molar-refractivity contribution in [3.05, 3.63) is 48.0 Å². The van der Waals surface area contributed by atoms with E-state index in [1.807, 2.05) is 42.5 Å². The molecule has 5 nitrogen and oxygen atoms in total. The molecule has 0 bridgehead atoms. The number of hydrogen-bond donors (Lipinski definition) is 2. The van der Waals surface area contributed by atoms with Gasteiger partial charge in [-0.1, -0.05) is 13.0 Å². The number of carbonyl (C=O) groups is 1. The lowest BCUT2D eigenvalue weighted by molar-refractivity contribution is -0.117. The van der Waals surface area contributed by atoms with Gasteiger partial charge in [-0.15, -0.1) is 0 Å². The maximum atomic E-state index is 11.0. The van der Waals surface area contributed by atoms with Crippen LogP contribution in [0.4, 0.5) is 5.69 Å². The van der Waals surface area contributed by atoms with Gasteiger partial charge in [0, 0.05) is 18.2 Å². The van der Waals surface area contributed by atoms with Gasteiger partial charge in [-0.2, -0.15) is 0 Å². The SMILES string of the molecule is CCc1ccc2oc(-c3ccc(NC(=S)NC(C)=O)cc3)nc2c1. The van der Waals surface area contributed by atoms with E-state index >= 15 is 0 Å². The smallest absolute Gasteiger partial charge is 0.227 e. The van der Waals surface area contributed by atoms with Gasteiger partial charge in [0.15, 0.2) is 10.7 Å². The second-order valence-corrected chi connectivity index (χ2v) is 5.80. The van der Waals surface area contributed by atoms with Crippen molar-refractivity contribution in [2.75, 3.05) is 5.32 Å². The molecule has 3 aromatic rings. The first-order valence-electron chi connectivity index (χ1n) is 7.63. The molecule has 0 unspecified atom stereocenters. The van der Waals surface area contributed by atoms with Crippen LogP contribution in [0.3, 0.4) is 0 Å². The molecule has 0 saturated carbocycles. The van der Waals surface area contributed by atoms with Crippen molar-refractivity contribution >= 4 is 40.0 Å². The molecule has 0 aliphatic rings. The number of nitrogens with one attached hydrogen (secondary N) is 2. The highest BCUT2D eigenvalue weighted by Gasteiger charge is 2.09. The van der Waals surface area contributed by atoms with Gasteiger partial charge in [-0.05, 0) is 60.6 Å². The van der Waals surface area contributed by atoms with Crippen LogP contribution in [0.25, 0.3) is 22.6 Å². The van der Waals surface area contributed by atoms with Crippen molar-refractivity contribution in [2.24, 2.45) is 0 Å².